The van der Waals surface area contributed by atoms with Crippen LogP contribution in [0.5, 0.6) is 0 Å². The molecular weight excluding hydrogens is 294 g/mol. The summed E-state index contributed by atoms with van der Waals surface area (Å²) in [6, 6.07) is 9.77. The second-order valence-corrected chi connectivity index (χ2v) is 7.78. The second-order valence-electron chi connectivity index (χ2n) is 5.50. The molecule has 1 heterocycles. The molecule has 1 aromatic rings. The summed E-state index contributed by atoms with van der Waals surface area (Å²) in [6.45, 7) is 2.58. The van der Waals surface area contributed by atoms with E-state index in [0.717, 1.165) is 24.8 Å². The number of benzene rings is 1. The molecule has 2 unspecified atom stereocenters. The van der Waals surface area contributed by atoms with Crippen molar-refractivity contribution in [2.45, 2.75) is 38.1 Å². The topological polar surface area (TPSA) is 37.4 Å². The van der Waals surface area contributed by atoms with Gasteiger partial charge in [-0.1, -0.05) is 43.7 Å². The molecule has 1 fully saturated rings. The van der Waals surface area contributed by atoms with E-state index in [-0.39, 0.29) is 17.7 Å². The summed E-state index contributed by atoms with van der Waals surface area (Å²) in [7, 11) is -3.24. The lowest BCUT2D eigenvalue weighted by atomic mass is 10.0. The molecule has 1 aliphatic heterocycles. The number of halogens is 1. The van der Waals surface area contributed by atoms with E-state index in [1.807, 2.05) is 37.3 Å². The number of nitrogens with zero attached hydrogens (tertiary/aromatic N) is 1. The fraction of sp³-hybridized carbons (Fsp3) is 0.600. The molecule has 0 spiro atoms. The molecule has 2 atom stereocenters. The molecule has 0 radical (unpaired) electrons. The van der Waals surface area contributed by atoms with E-state index in [0.29, 0.717) is 12.4 Å². The van der Waals surface area contributed by atoms with Crippen LogP contribution in [0.3, 0.4) is 0 Å². The van der Waals surface area contributed by atoms with Crippen molar-refractivity contribution < 1.29 is 8.42 Å². The van der Waals surface area contributed by atoms with Gasteiger partial charge in [0.15, 0.2) is 0 Å². The number of alkyl halides is 1. The van der Waals surface area contributed by atoms with E-state index in [1.165, 1.54) is 0 Å². The van der Waals surface area contributed by atoms with Gasteiger partial charge in [0, 0.05) is 18.5 Å². The summed E-state index contributed by atoms with van der Waals surface area (Å²) in [5.74, 6) is 0.544. The van der Waals surface area contributed by atoms with Crippen LogP contribution in [0, 0.1) is 0 Å². The minimum Gasteiger partial charge on any atom is -0.212 e. The quantitative estimate of drug-likeness (QED) is 0.782. The summed E-state index contributed by atoms with van der Waals surface area (Å²) in [5, 5.41) is 0. The molecule has 0 saturated carbocycles. The third kappa shape index (κ3) is 3.74. The van der Waals surface area contributed by atoms with Gasteiger partial charge in [0.05, 0.1) is 5.75 Å². The molecule has 112 valence electrons. The molecule has 5 heteroatoms. The Morgan fingerprint density at radius 3 is 2.65 bits per heavy atom. The summed E-state index contributed by atoms with van der Waals surface area (Å²) in [5.41, 5.74) is 1.07. The molecule has 0 bridgehead atoms. The maximum absolute atomic E-state index is 12.6. The second kappa shape index (κ2) is 6.92. The van der Waals surface area contributed by atoms with Gasteiger partial charge < -0.3 is 0 Å². The minimum absolute atomic E-state index is 0.000831. The van der Waals surface area contributed by atoms with E-state index in [4.69, 9.17) is 11.6 Å². The highest BCUT2D eigenvalue weighted by atomic mass is 35.5. The first-order valence-electron chi connectivity index (χ1n) is 7.15. The lowest BCUT2D eigenvalue weighted by Crippen LogP contribution is -2.46. The van der Waals surface area contributed by atoms with Crippen molar-refractivity contribution in [1.82, 2.24) is 4.31 Å². The van der Waals surface area contributed by atoms with Crippen LogP contribution in [0.25, 0.3) is 0 Å². The molecule has 1 aromatic carbocycles. The smallest absolute Gasteiger partial charge is 0.212 e. The van der Waals surface area contributed by atoms with E-state index in [2.05, 4.69) is 0 Å². The highest BCUT2D eigenvalue weighted by molar-refractivity contribution is 7.89. The standard InChI is InChI=1S/C15H22ClNO2S/c1-13(14-7-3-2-4-8-14)12-20(18,19)17-10-6-5-9-15(17)11-16/h2-4,7-8,13,15H,5-6,9-12H2,1H3. The van der Waals surface area contributed by atoms with Crippen molar-refractivity contribution in [3.05, 3.63) is 35.9 Å². The summed E-state index contributed by atoms with van der Waals surface area (Å²) in [6.07, 6.45) is 2.88. The Morgan fingerprint density at radius 2 is 2.00 bits per heavy atom. The Morgan fingerprint density at radius 1 is 1.30 bits per heavy atom. The van der Waals surface area contributed by atoms with Gasteiger partial charge in [-0.05, 0) is 24.3 Å². The fourth-order valence-corrected chi connectivity index (χ4v) is 5.24. The molecule has 1 aliphatic rings. The summed E-state index contributed by atoms with van der Waals surface area (Å²) >= 11 is 5.93. The Kier molecular flexibility index (Phi) is 5.47. The lowest BCUT2D eigenvalue weighted by Gasteiger charge is -2.34. The molecule has 0 aliphatic carbocycles. The Bertz CT molecular complexity index is 518. The molecule has 2 rings (SSSR count). The molecule has 20 heavy (non-hydrogen) atoms. The third-order valence-electron chi connectivity index (χ3n) is 3.94. The average molecular weight is 316 g/mol. The van der Waals surface area contributed by atoms with Gasteiger partial charge in [-0.3, -0.25) is 0 Å². The molecule has 3 nitrogen and oxygen atoms in total. The van der Waals surface area contributed by atoms with E-state index in [9.17, 15) is 8.42 Å². The SMILES string of the molecule is CC(CS(=O)(=O)N1CCCCC1CCl)c1ccccc1. The molecule has 0 amide bonds. The predicted octanol–water partition coefficient (Wildman–Crippen LogP) is 3.21. The van der Waals surface area contributed by atoms with E-state index < -0.39 is 10.0 Å². The summed E-state index contributed by atoms with van der Waals surface area (Å²) < 4.78 is 26.8. The van der Waals surface area contributed by atoms with Gasteiger partial charge in [-0.15, -0.1) is 11.6 Å². The predicted molar refractivity (Wildman–Crippen MR) is 83.7 cm³/mol. The first-order valence-corrected chi connectivity index (χ1v) is 9.29. The zero-order valence-electron chi connectivity index (χ0n) is 11.8. The van der Waals surface area contributed by atoms with Crippen molar-refractivity contribution in [1.29, 1.82) is 0 Å². The van der Waals surface area contributed by atoms with Crippen molar-refractivity contribution >= 4 is 21.6 Å². The molecular formula is C15H22ClNO2S. The van der Waals surface area contributed by atoms with Gasteiger partial charge in [-0.2, -0.15) is 4.31 Å². The molecule has 0 N–H and O–H groups in total. The van der Waals surface area contributed by atoms with Gasteiger partial charge in [0.25, 0.3) is 0 Å². The first-order chi connectivity index (χ1) is 9.54. The van der Waals surface area contributed by atoms with Crippen molar-refractivity contribution in [2.24, 2.45) is 0 Å². The molecule has 1 saturated heterocycles. The Hall–Kier alpha value is -0.580. The van der Waals surface area contributed by atoms with Crippen LogP contribution in [0.1, 0.15) is 37.7 Å². The van der Waals surface area contributed by atoms with Crippen molar-refractivity contribution in [2.75, 3.05) is 18.2 Å². The minimum atomic E-state index is -3.24. The van der Waals surface area contributed by atoms with Gasteiger partial charge in [0.1, 0.15) is 0 Å². The van der Waals surface area contributed by atoms with Gasteiger partial charge in [-0.25, -0.2) is 8.42 Å². The van der Waals surface area contributed by atoms with Crippen molar-refractivity contribution in [3.63, 3.8) is 0 Å². The van der Waals surface area contributed by atoms with Crippen LogP contribution < -0.4 is 0 Å². The number of rotatable bonds is 5. The van der Waals surface area contributed by atoms with Gasteiger partial charge >= 0.3 is 0 Å². The van der Waals surface area contributed by atoms with Crippen LogP contribution in [0.15, 0.2) is 30.3 Å². The largest absolute Gasteiger partial charge is 0.214 e. The third-order valence-corrected chi connectivity index (χ3v) is 6.41. The average Bonchev–Trinajstić information content (AvgIpc) is 2.47. The van der Waals surface area contributed by atoms with E-state index >= 15 is 0 Å². The highest BCUT2D eigenvalue weighted by Crippen LogP contribution is 2.25. The van der Waals surface area contributed by atoms with Crippen LogP contribution in [-0.4, -0.2) is 36.9 Å². The normalized spacial score (nSPS) is 22.6. The van der Waals surface area contributed by atoms with Crippen LogP contribution in [-0.2, 0) is 10.0 Å². The Balaban J connectivity index is 2.10. The maximum Gasteiger partial charge on any atom is 0.214 e. The zero-order chi connectivity index (χ0) is 14.6. The van der Waals surface area contributed by atoms with E-state index in [1.54, 1.807) is 4.31 Å². The fourth-order valence-electron chi connectivity index (χ4n) is 2.78. The van der Waals surface area contributed by atoms with Crippen molar-refractivity contribution in [3.8, 4) is 0 Å². The number of piperidine rings is 1. The number of hydrogen-bond donors (Lipinski definition) is 0. The lowest BCUT2D eigenvalue weighted by molar-refractivity contribution is 0.271. The summed E-state index contributed by atoms with van der Waals surface area (Å²) in [4.78, 5) is 0. The highest BCUT2D eigenvalue weighted by Gasteiger charge is 2.32. The van der Waals surface area contributed by atoms with Crippen LogP contribution >= 0.6 is 11.6 Å². The number of hydrogen-bond acceptors (Lipinski definition) is 2. The maximum atomic E-state index is 12.6. The molecule has 0 aromatic heterocycles. The zero-order valence-corrected chi connectivity index (χ0v) is 13.4. The van der Waals surface area contributed by atoms with Crippen LogP contribution in [0.4, 0.5) is 0 Å². The number of sulfonamides is 1. The van der Waals surface area contributed by atoms with Gasteiger partial charge in [0.2, 0.25) is 10.0 Å². The Labute approximate surface area is 127 Å². The monoisotopic (exact) mass is 315 g/mol. The first kappa shape index (κ1) is 15.8. The van der Waals surface area contributed by atoms with Crippen LogP contribution in [0.2, 0.25) is 0 Å².